The lowest BCUT2D eigenvalue weighted by atomic mass is 9.92. The van der Waals surface area contributed by atoms with Crippen LogP contribution < -0.4 is 15.4 Å². The number of nitrogens with one attached hydrogen (secondary N) is 3. The molecule has 0 unspecified atom stereocenters. The van der Waals surface area contributed by atoms with Gasteiger partial charge in [0.15, 0.2) is 0 Å². The van der Waals surface area contributed by atoms with Crippen LogP contribution in [0.4, 0.5) is 0 Å². The van der Waals surface area contributed by atoms with Crippen molar-refractivity contribution in [1.82, 2.24) is 20.6 Å². The summed E-state index contributed by atoms with van der Waals surface area (Å²) in [5.41, 5.74) is 2.96. The number of pyridine rings is 1. The number of amides is 1. The number of carbonyl (C=O) groups excluding carboxylic acids is 1. The molecule has 24 heavy (non-hydrogen) atoms. The Morgan fingerprint density at radius 2 is 2.17 bits per heavy atom. The molecule has 2 aromatic heterocycles. The van der Waals surface area contributed by atoms with Crippen molar-refractivity contribution in [2.45, 2.75) is 38.3 Å². The first-order valence-corrected chi connectivity index (χ1v) is 8.43. The summed E-state index contributed by atoms with van der Waals surface area (Å²) in [6.45, 7) is 5.91. The van der Waals surface area contributed by atoms with Gasteiger partial charge in [-0.25, -0.2) is 0 Å². The van der Waals surface area contributed by atoms with Gasteiger partial charge in [-0.15, -0.1) is 0 Å². The maximum atomic E-state index is 12.6. The van der Waals surface area contributed by atoms with Crippen LogP contribution in [0.1, 0.15) is 42.7 Å². The van der Waals surface area contributed by atoms with E-state index in [0.29, 0.717) is 5.69 Å². The van der Waals surface area contributed by atoms with Crippen LogP contribution >= 0.6 is 0 Å². The van der Waals surface area contributed by atoms with Crippen molar-refractivity contribution in [3.05, 3.63) is 35.8 Å². The van der Waals surface area contributed by atoms with E-state index < -0.39 is 5.60 Å². The van der Waals surface area contributed by atoms with E-state index in [-0.39, 0.29) is 11.9 Å². The van der Waals surface area contributed by atoms with E-state index in [9.17, 15) is 4.79 Å². The first-order valence-electron chi connectivity index (χ1n) is 8.43. The van der Waals surface area contributed by atoms with Gasteiger partial charge in [-0.3, -0.25) is 9.78 Å². The number of carbonyl (C=O) groups is 1. The van der Waals surface area contributed by atoms with E-state index in [1.54, 1.807) is 12.4 Å². The molecule has 0 bridgehead atoms. The van der Waals surface area contributed by atoms with Crippen LogP contribution in [0, 0.1) is 0 Å². The number of aromatic nitrogens is 2. The second kappa shape index (κ2) is 5.63. The van der Waals surface area contributed by atoms with Gasteiger partial charge in [-0.05, 0) is 51.9 Å². The lowest BCUT2D eigenvalue weighted by molar-refractivity contribution is 0.0925. The molecule has 0 aliphatic carbocycles. The number of H-pyrrole nitrogens is 1. The summed E-state index contributed by atoms with van der Waals surface area (Å²) < 4.78 is 6.07. The highest BCUT2D eigenvalue weighted by atomic mass is 16.5. The molecular weight excluding hydrogens is 304 g/mol. The maximum absolute atomic E-state index is 12.6. The van der Waals surface area contributed by atoms with Crippen LogP contribution in [0.3, 0.4) is 0 Å². The van der Waals surface area contributed by atoms with E-state index in [4.69, 9.17) is 4.74 Å². The van der Waals surface area contributed by atoms with E-state index in [1.165, 1.54) is 0 Å². The Hall–Kier alpha value is -2.34. The quantitative estimate of drug-likeness (QED) is 0.790. The Morgan fingerprint density at radius 3 is 2.96 bits per heavy atom. The summed E-state index contributed by atoms with van der Waals surface area (Å²) in [4.78, 5) is 20.1. The number of hydrogen-bond acceptors (Lipinski definition) is 4. The summed E-state index contributed by atoms with van der Waals surface area (Å²) in [6.07, 6.45) is 5.39. The van der Waals surface area contributed by atoms with E-state index >= 15 is 0 Å². The van der Waals surface area contributed by atoms with Crippen molar-refractivity contribution in [2.24, 2.45) is 0 Å². The predicted molar refractivity (Wildman–Crippen MR) is 91.0 cm³/mol. The fraction of sp³-hybridized carbons (Fsp3) is 0.444. The molecule has 0 aromatic carbocycles. The van der Waals surface area contributed by atoms with Crippen molar-refractivity contribution < 1.29 is 9.53 Å². The minimum atomic E-state index is -0.505. The van der Waals surface area contributed by atoms with E-state index in [1.807, 2.05) is 26.0 Å². The van der Waals surface area contributed by atoms with Gasteiger partial charge in [0.25, 0.3) is 5.91 Å². The highest BCUT2D eigenvalue weighted by Crippen LogP contribution is 2.44. The van der Waals surface area contributed by atoms with Crippen LogP contribution in [0.2, 0.25) is 0 Å². The van der Waals surface area contributed by atoms with Gasteiger partial charge in [0.1, 0.15) is 17.0 Å². The average molecular weight is 326 g/mol. The van der Waals surface area contributed by atoms with Crippen molar-refractivity contribution in [3.63, 3.8) is 0 Å². The molecule has 0 spiro atoms. The molecule has 0 radical (unpaired) electrons. The number of hydrogen-bond donors (Lipinski definition) is 3. The zero-order valence-electron chi connectivity index (χ0n) is 14.0. The predicted octanol–water partition coefficient (Wildman–Crippen LogP) is 2.19. The highest BCUT2D eigenvalue weighted by Gasteiger charge is 2.35. The molecule has 2 aromatic rings. The van der Waals surface area contributed by atoms with Gasteiger partial charge < -0.3 is 20.4 Å². The third-order valence-corrected chi connectivity index (χ3v) is 4.80. The van der Waals surface area contributed by atoms with Crippen LogP contribution in [0.5, 0.6) is 5.75 Å². The zero-order chi connectivity index (χ0) is 16.7. The van der Waals surface area contributed by atoms with Crippen LogP contribution in [0.25, 0.3) is 11.3 Å². The molecule has 4 heterocycles. The molecule has 0 saturated carbocycles. The fourth-order valence-electron chi connectivity index (χ4n) is 3.49. The number of ether oxygens (including phenoxy) is 1. The normalized spacial score (nSPS) is 19.1. The highest BCUT2D eigenvalue weighted by molar-refractivity contribution is 5.94. The molecule has 2 aliphatic rings. The smallest absolute Gasteiger partial charge is 0.267 e. The maximum Gasteiger partial charge on any atom is 0.267 e. The molecule has 126 valence electrons. The Labute approximate surface area is 141 Å². The largest absolute Gasteiger partial charge is 0.481 e. The lowest BCUT2D eigenvalue weighted by Crippen LogP contribution is -2.42. The van der Waals surface area contributed by atoms with E-state index in [2.05, 4.69) is 20.6 Å². The monoisotopic (exact) mass is 326 g/mol. The van der Waals surface area contributed by atoms with Gasteiger partial charge in [-0.2, -0.15) is 0 Å². The minimum Gasteiger partial charge on any atom is -0.481 e. The standard InChI is InChI=1S/C18H22N4O2/c1-18(2)13-9-14(17(23)21-11-3-6-19-7-4-11)22-16(13)12-5-8-20-10-15(12)24-18/h5,8-11,19,22H,3-4,6-7H2,1-2H3,(H,21,23). The van der Waals surface area contributed by atoms with Crippen LogP contribution in [-0.4, -0.2) is 35.0 Å². The number of piperidine rings is 1. The molecule has 2 aliphatic heterocycles. The van der Waals surface area contributed by atoms with Gasteiger partial charge in [0, 0.05) is 23.4 Å². The first-order chi connectivity index (χ1) is 11.5. The molecule has 1 saturated heterocycles. The summed E-state index contributed by atoms with van der Waals surface area (Å²) >= 11 is 0. The Bertz CT molecular complexity index is 775. The Kier molecular flexibility index (Phi) is 3.57. The Balaban J connectivity index is 1.66. The van der Waals surface area contributed by atoms with Gasteiger partial charge in [0.05, 0.1) is 11.9 Å². The van der Waals surface area contributed by atoms with Crippen molar-refractivity contribution in [2.75, 3.05) is 13.1 Å². The summed E-state index contributed by atoms with van der Waals surface area (Å²) in [6, 6.07) is 4.06. The number of rotatable bonds is 2. The second-order valence-electron chi connectivity index (χ2n) is 6.95. The number of nitrogens with zero attached hydrogens (tertiary/aromatic N) is 1. The Morgan fingerprint density at radius 1 is 1.38 bits per heavy atom. The summed E-state index contributed by atoms with van der Waals surface area (Å²) in [5, 5.41) is 6.44. The van der Waals surface area contributed by atoms with Crippen molar-refractivity contribution in [1.29, 1.82) is 0 Å². The van der Waals surface area contributed by atoms with Crippen LogP contribution in [0.15, 0.2) is 24.5 Å². The molecule has 3 N–H and O–H groups in total. The SMILES string of the molecule is CC1(C)Oc2cnccc2-c2[nH]c(C(=O)NC3CCNCC3)cc21. The molecule has 1 amide bonds. The van der Waals surface area contributed by atoms with Gasteiger partial charge >= 0.3 is 0 Å². The topological polar surface area (TPSA) is 79.0 Å². The zero-order valence-corrected chi connectivity index (χ0v) is 14.0. The molecule has 4 rings (SSSR count). The molecule has 0 atom stereocenters. The second-order valence-corrected chi connectivity index (χ2v) is 6.95. The lowest BCUT2D eigenvalue weighted by Gasteiger charge is -2.32. The van der Waals surface area contributed by atoms with Gasteiger partial charge in [0.2, 0.25) is 0 Å². The van der Waals surface area contributed by atoms with Crippen molar-refractivity contribution >= 4 is 5.91 Å². The van der Waals surface area contributed by atoms with E-state index in [0.717, 1.165) is 48.5 Å². The molecule has 6 nitrogen and oxygen atoms in total. The number of aromatic amines is 1. The van der Waals surface area contributed by atoms with Crippen molar-refractivity contribution in [3.8, 4) is 17.0 Å². The average Bonchev–Trinajstić information content (AvgIpc) is 3.02. The van der Waals surface area contributed by atoms with Gasteiger partial charge in [-0.1, -0.05) is 0 Å². The third kappa shape index (κ3) is 2.57. The fourth-order valence-corrected chi connectivity index (χ4v) is 3.49. The molecule has 1 fully saturated rings. The minimum absolute atomic E-state index is 0.0530. The van der Waals surface area contributed by atoms with Crippen LogP contribution in [-0.2, 0) is 5.60 Å². The molecular formula is C18H22N4O2. The number of fused-ring (bicyclic) bond motifs is 3. The third-order valence-electron chi connectivity index (χ3n) is 4.80. The molecule has 6 heteroatoms. The first kappa shape index (κ1) is 15.2. The summed E-state index contributed by atoms with van der Waals surface area (Å²) in [7, 11) is 0. The summed E-state index contributed by atoms with van der Waals surface area (Å²) in [5.74, 6) is 0.685.